The molecular weight excluding hydrogens is 264 g/mol. The van der Waals surface area contributed by atoms with E-state index in [0.29, 0.717) is 6.42 Å². The average Bonchev–Trinajstić information content (AvgIpc) is 2.41. The maximum atomic E-state index is 11.7. The largest absolute Gasteiger partial charge is 0.480 e. The van der Waals surface area contributed by atoms with E-state index in [1.54, 1.807) is 0 Å². The topological polar surface area (TPSA) is 52.6 Å². The minimum absolute atomic E-state index is 0.648. The van der Waals surface area contributed by atoms with Crippen molar-refractivity contribution in [3.05, 3.63) is 0 Å². The van der Waals surface area contributed by atoms with Gasteiger partial charge in [0.15, 0.2) is 0 Å². The smallest absolute Gasteiger partial charge is 0.323 e. The SMILES string of the molecule is CCCNC(CC)(CCCN1CC(C)CC(C)C1)C(=O)O. The summed E-state index contributed by atoms with van der Waals surface area (Å²) < 4.78 is 0. The van der Waals surface area contributed by atoms with Crippen LogP contribution in [0, 0.1) is 11.8 Å². The highest BCUT2D eigenvalue weighted by Gasteiger charge is 2.35. The Hall–Kier alpha value is -0.610. The van der Waals surface area contributed by atoms with E-state index in [9.17, 15) is 9.90 Å². The molecule has 124 valence electrons. The van der Waals surface area contributed by atoms with E-state index in [0.717, 1.165) is 44.2 Å². The summed E-state index contributed by atoms with van der Waals surface area (Å²) in [4.78, 5) is 14.2. The van der Waals surface area contributed by atoms with Crippen LogP contribution in [0.15, 0.2) is 0 Å². The van der Waals surface area contributed by atoms with Crippen molar-refractivity contribution in [1.29, 1.82) is 0 Å². The molecule has 0 radical (unpaired) electrons. The first-order valence-electron chi connectivity index (χ1n) is 8.64. The second kappa shape index (κ2) is 8.74. The van der Waals surface area contributed by atoms with Gasteiger partial charge in [0.05, 0.1) is 0 Å². The van der Waals surface area contributed by atoms with Gasteiger partial charge in [-0.2, -0.15) is 0 Å². The molecule has 0 aromatic heterocycles. The normalized spacial score (nSPS) is 26.5. The van der Waals surface area contributed by atoms with Gasteiger partial charge >= 0.3 is 5.97 Å². The first-order chi connectivity index (χ1) is 9.93. The van der Waals surface area contributed by atoms with Crippen molar-refractivity contribution < 1.29 is 9.90 Å². The van der Waals surface area contributed by atoms with Gasteiger partial charge in [0, 0.05) is 13.1 Å². The van der Waals surface area contributed by atoms with Crippen LogP contribution < -0.4 is 5.32 Å². The summed E-state index contributed by atoms with van der Waals surface area (Å²) in [5, 5.41) is 12.9. The number of nitrogens with one attached hydrogen (secondary N) is 1. The molecule has 2 N–H and O–H groups in total. The van der Waals surface area contributed by atoms with E-state index in [2.05, 4.69) is 31.0 Å². The zero-order chi connectivity index (χ0) is 15.9. The van der Waals surface area contributed by atoms with Crippen LogP contribution >= 0.6 is 0 Å². The van der Waals surface area contributed by atoms with Crippen LogP contribution in [-0.2, 0) is 4.79 Å². The van der Waals surface area contributed by atoms with Gasteiger partial charge in [0.1, 0.15) is 5.54 Å². The molecule has 4 heteroatoms. The second-order valence-corrected chi connectivity index (χ2v) is 6.98. The van der Waals surface area contributed by atoms with Crippen molar-refractivity contribution in [1.82, 2.24) is 10.2 Å². The number of carboxylic acid groups (broad SMARTS) is 1. The summed E-state index contributed by atoms with van der Waals surface area (Å²) in [5.41, 5.74) is -0.733. The zero-order valence-corrected chi connectivity index (χ0v) is 14.3. The highest BCUT2D eigenvalue weighted by molar-refractivity contribution is 5.78. The lowest BCUT2D eigenvalue weighted by Gasteiger charge is -2.36. The van der Waals surface area contributed by atoms with Crippen molar-refractivity contribution in [3.8, 4) is 0 Å². The van der Waals surface area contributed by atoms with Gasteiger partial charge in [-0.05, 0) is 57.0 Å². The molecule has 1 aliphatic rings. The van der Waals surface area contributed by atoms with E-state index in [1.807, 2.05) is 6.92 Å². The number of aliphatic carboxylic acids is 1. The first-order valence-corrected chi connectivity index (χ1v) is 8.64. The van der Waals surface area contributed by atoms with Crippen molar-refractivity contribution in [2.75, 3.05) is 26.2 Å². The maximum Gasteiger partial charge on any atom is 0.323 e. The third-order valence-corrected chi connectivity index (χ3v) is 4.75. The van der Waals surface area contributed by atoms with Gasteiger partial charge in [-0.15, -0.1) is 0 Å². The lowest BCUT2D eigenvalue weighted by atomic mass is 9.89. The number of carboxylic acids is 1. The molecule has 1 heterocycles. The van der Waals surface area contributed by atoms with Crippen molar-refractivity contribution in [2.24, 2.45) is 11.8 Å². The van der Waals surface area contributed by atoms with Crippen LogP contribution in [0.25, 0.3) is 0 Å². The Morgan fingerprint density at radius 1 is 1.29 bits per heavy atom. The Labute approximate surface area is 130 Å². The van der Waals surface area contributed by atoms with Crippen LogP contribution in [0.4, 0.5) is 0 Å². The molecule has 1 saturated heterocycles. The third kappa shape index (κ3) is 5.59. The monoisotopic (exact) mass is 298 g/mol. The molecule has 3 atom stereocenters. The second-order valence-electron chi connectivity index (χ2n) is 6.98. The third-order valence-electron chi connectivity index (χ3n) is 4.75. The fourth-order valence-electron chi connectivity index (χ4n) is 3.67. The molecule has 0 aliphatic carbocycles. The molecule has 4 nitrogen and oxygen atoms in total. The highest BCUT2D eigenvalue weighted by atomic mass is 16.4. The predicted molar refractivity (Wildman–Crippen MR) is 87.6 cm³/mol. The van der Waals surface area contributed by atoms with Crippen molar-refractivity contribution in [3.63, 3.8) is 0 Å². The number of rotatable bonds is 9. The molecule has 0 bridgehead atoms. The summed E-state index contributed by atoms with van der Waals surface area (Å²) in [6, 6.07) is 0. The summed E-state index contributed by atoms with van der Waals surface area (Å²) in [7, 11) is 0. The Balaban J connectivity index is 2.47. The van der Waals surface area contributed by atoms with E-state index < -0.39 is 11.5 Å². The van der Waals surface area contributed by atoms with E-state index >= 15 is 0 Å². The Kier molecular flexibility index (Phi) is 7.67. The molecule has 0 saturated carbocycles. The lowest BCUT2D eigenvalue weighted by molar-refractivity contribution is -0.145. The minimum Gasteiger partial charge on any atom is -0.480 e. The standard InChI is InChI=1S/C17H34N2O2/c1-5-9-18-17(6-2,16(20)21)8-7-10-19-12-14(3)11-15(4)13-19/h14-15,18H,5-13H2,1-4H3,(H,20,21). The highest BCUT2D eigenvalue weighted by Crippen LogP contribution is 2.23. The summed E-state index contributed by atoms with van der Waals surface area (Å²) in [5.74, 6) is 0.837. The maximum absolute atomic E-state index is 11.7. The molecule has 3 unspecified atom stereocenters. The lowest BCUT2D eigenvalue weighted by Crippen LogP contribution is -2.52. The first kappa shape index (κ1) is 18.4. The molecule has 21 heavy (non-hydrogen) atoms. The summed E-state index contributed by atoms with van der Waals surface area (Å²) in [6.07, 6.45) is 4.61. The molecule has 0 aromatic carbocycles. The molecule has 1 aliphatic heterocycles. The minimum atomic E-state index is -0.733. The fraction of sp³-hybridized carbons (Fsp3) is 0.941. The predicted octanol–water partition coefficient (Wildman–Crippen LogP) is 2.98. The number of carbonyl (C=O) groups is 1. The van der Waals surface area contributed by atoms with Crippen LogP contribution in [0.2, 0.25) is 0 Å². The number of likely N-dealkylation sites (tertiary alicyclic amines) is 1. The summed E-state index contributed by atoms with van der Waals surface area (Å²) >= 11 is 0. The van der Waals surface area contributed by atoms with Gasteiger partial charge in [0.2, 0.25) is 0 Å². The van der Waals surface area contributed by atoms with Crippen LogP contribution in [0.3, 0.4) is 0 Å². The molecule has 0 aromatic rings. The molecule has 1 fully saturated rings. The van der Waals surface area contributed by atoms with Crippen molar-refractivity contribution in [2.45, 2.75) is 65.3 Å². The van der Waals surface area contributed by atoms with Crippen LogP contribution in [0.1, 0.15) is 59.8 Å². The Bertz CT molecular complexity index is 312. The van der Waals surface area contributed by atoms with Gasteiger partial charge in [-0.1, -0.05) is 27.7 Å². The number of nitrogens with zero attached hydrogens (tertiary/aromatic N) is 1. The molecule has 1 rings (SSSR count). The van der Waals surface area contributed by atoms with Gasteiger partial charge < -0.3 is 15.3 Å². The Morgan fingerprint density at radius 3 is 2.38 bits per heavy atom. The van der Waals surface area contributed by atoms with Gasteiger partial charge in [0.25, 0.3) is 0 Å². The van der Waals surface area contributed by atoms with Crippen LogP contribution in [0.5, 0.6) is 0 Å². The van der Waals surface area contributed by atoms with E-state index in [-0.39, 0.29) is 0 Å². The van der Waals surface area contributed by atoms with Gasteiger partial charge in [-0.3, -0.25) is 4.79 Å². The van der Waals surface area contributed by atoms with Crippen molar-refractivity contribution >= 4 is 5.97 Å². The van der Waals surface area contributed by atoms with E-state index in [4.69, 9.17) is 0 Å². The van der Waals surface area contributed by atoms with E-state index in [1.165, 1.54) is 19.5 Å². The van der Waals surface area contributed by atoms with Gasteiger partial charge in [-0.25, -0.2) is 0 Å². The summed E-state index contributed by atoms with van der Waals surface area (Å²) in [6.45, 7) is 12.8. The number of hydrogen-bond donors (Lipinski definition) is 2. The molecule has 0 spiro atoms. The van der Waals surface area contributed by atoms with Crippen LogP contribution in [-0.4, -0.2) is 47.7 Å². The quantitative estimate of drug-likeness (QED) is 0.687. The Morgan fingerprint density at radius 2 is 1.90 bits per heavy atom. The molecule has 0 amide bonds. The zero-order valence-electron chi connectivity index (χ0n) is 14.3. The average molecular weight is 298 g/mol. The molecular formula is C17H34N2O2. The number of piperidine rings is 1. The number of hydrogen-bond acceptors (Lipinski definition) is 3. The fourth-order valence-corrected chi connectivity index (χ4v) is 3.67.